The van der Waals surface area contributed by atoms with Crippen molar-refractivity contribution in [3.63, 3.8) is 0 Å². The minimum absolute atomic E-state index is 0.555. The second kappa shape index (κ2) is 5.06. The Hall–Kier alpha value is -0.740. The first kappa shape index (κ1) is 11.7. The van der Waals surface area contributed by atoms with Gasteiger partial charge in [-0.1, -0.05) is 15.9 Å². The molecule has 3 nitrogen and oxygen atoms in total. The summed E-state index contributed by atoms with van der Waals surface area (Å²) in [6.45, 7) is 2.32. The van der Waals surface area contributed by atoms with Crippen LogP contribution >= 0.6 is 15.9 Å². The molecule has 0 bridgehead atoms. The summed E-state index contributed by atoms with van der Waals surface area (Å²) < 4.78 is 1.03. The third-order valence-electron chi connectivity index (χ3n) is 3.09. The van der Waals surface area contributed by atoms with E-state index in [9.17, 15) is 0 Å². The zero-order valence-electron chi connectivity index (χ0n) is 9.54. The number of rotatable bonds is 2. The molecule has 1 aliphatic heterocycles. The summed E-state index contributed by atoms with van der Waals surface area (Å²) in [7, 11) is 2.17. The first-order valence-corrected chi connectivity index (χ1v) is 6.44. The molecule has 1 aromatic carbocycles. The fraction of sp³-hybridized carbons (Fsp3) is 0.500. The average molecular weight is 284 g/mol. The summed E-state index contributed by atoms with van der Waals surface area (Å²) in [6.07, 6.45) is 2.37. The predicted octanol–water partition coefficient (Wildman–Crippen LogP) is 2.54. The largest absolute Gasteiger partial charge is 0.397 e. The molecule has 1 aromatic rings. The topological polar surface area (TPSA) is 41.3 Å². The summed E-state index contributed by atoms with van der Waals surface area (Å²) in [5, 5.41) is 3.52. The molecule has 3 N–H and O–H groups in total. The number of likely N-dealkylation sites (tertiary alicyclic amines) is 1. The quantitative estimate of drug-likeness (QED) is 0.820. The lowest BCUT2D eigenvalue weighted by molar-refractivity contribution is 0.264. The van der Waals surface area contributed by atoms with E-state index < -0.39 is 0 Å². The second-order valence-electron chi connectivity index (χ2n) is 4.45. The van der Waals surface area contributed by atoms with Gasteiger partial charge in [-0.05, 0) is 51.2 Å². The highest BCUT2D eigenvalue weighted by molar-refractivity contribution is 9.10. The molecule has 0 spiro atoms. The summed E-state index contributed by atoms with van der Waals surface area (Å²) in [6, 6.07) is 6.56. The van der Waals surface area contributed by atoms with Crippen LogP contribution in [0, 0.1) is 0 Å². The maximum absolute atomic E-state index is 5.96. The van der Waals surface area contributed by atoms with Crippen molar-refractivity contribution in [3.05, 3.63) is 22.7 Å². The van der Waals surface area contributed by atoms with Crippen LogP contribution in [0.25, 0.3) is 0 Å². The molecule has 88 valence electrons. The molecule has 2 rings (SSSR count). The number of hydrogen-bond donors (Lipinski definition) is 2. The Kier molecular flexibility index (Phi) is 3.71. The summed E-state index contributed by atoms with van der Waals surface area (Å²) in [5.41, 5.74) is 7.83. The van der Waals surface area contributed by atoms with Crippen LogP contribution in [0.1, 0.15) is 12.8 Å². The molecule has 4 heteroatoms. The summed E-state index contributed by atoms with van der Waals surface area (Å²) >= 11 is 3.41. The zero-order valence-corrected chi connectivity index (χ0v) is 11.1. The van der Waals surface area contributed by atoms with E-state index in [1.807, 2.05) is 18.2 Å². The van der Waals surface area contributed by atoms with Gasteiger partial charge in [0.1, 0.15) is 0 Å². The highest BCUT2D eigenvalue weighted by atomic mass is 79.9. The van der Waals surface area contributed by atoms with E-state index in [0.717, 1.165) is 28.9 Å². The van der Waals surface area contributed by atoms with Crippen LogP contribution in [0.15, 0.2) is 22.7 Å². The monoisotopic (exact) mass is 283 g/mol. The number of hydrogen-bond acceptors (Lipinski definition) is 3. The van der Waals surface area contributed by atoms with Crippen molar-refractivity contribution >= 4 is 27.3 Å². The second-order valence-corrected chi connectivity index (χ2v) is 5.37. The Bertz CT molecular complexity index is 359. The van der Waals surface area contributed by atoms with Crippen molar-refractivity contribution in [2.24, 2.45) is 0 Å². The van der Waals surface area contributed by atoms with E-state index in [1.54, 1.807) is 0 Å². The Morgan fingerprint density at radius 1 is 1.38 bits per heavy atom. The summed E-state index contributed by atoms with van der Waals surface area (Å²) in [5.74, 6) is 0. The average Bonchev–Trinajstić information content (AvgIpc) is 2.25. The van der Waals surface area contributed by atoms with Crippen molar-refractivity contribution in [1.29, 1.82) is 0 Å². The van der Waals surface area contributed by atoms with E-state index in [1.165, 1.54) is 12.8 Å². The fourth-order valence-electron chi connectivity index (χ4n) is 2.04. The van der Waals surface area contributed by atoms with Crippen LogP contribution < -0.4 is 11.1 Å². The van der Waals surface area contributed by atoms with Gasteiger partial charge in [0.15, 0.2) is 0 Å². The molecule has 0 aromatic heterocycles. The number of anilines is 2. The van der Waals surface area contributed by atoms with Crippen LogP contribution in [0.3, 0.4) is 0 Å². The van der Waals surface area contributed by atoms with E-state index in [0.29, 0.717) is 6.04 Å². The number of halogens is 1. The zero-order chi connectivity index (χ0) is 11.5. The Morgan fingerprint density at radius 2 is 2.06 bits per heavy atom. The number of nitrogens with zero attached hydrogens (tertiary/aromatic N) is 1. The number of piperidine rings is 1. The van der Waals surface area contributed by atoms with Gasteiger partial charge in [0.05, 0.1) is 11.4 Å². The van der Waals surface area contributed by atoms with Gasteiger partial charge < -0.3 is 16.0 Å². The standard InChI is InChI=1S/C12H18BrN3/c1-16-6-4-10(5-7-16)15-12-3-2-9(13)8-11(12)14/h2-3,8,10,15H,4-7,14H2,1H3. The van der Waals surface area contributed by atoms with Gasteiger partial charge in [0, 0.05) is 10.5 Å². The fourth-order valence-corrected chi connectivity index (χ4v) is 2.42. The number of nitrogens with two attached hydrogens (primary N) is 1. The Balaban J connectivity index is 1.98. The molecule has 16 heavy (non-hydrogen) atoms. The molecular weight excluding hydrogens is 266 g/mol. The SMILES string of the molecule is CN1CCC(Nc2ccc(Br)cc2N)CC1. The van der Waals surface area contributed by atoms with Crippen LogP contribution in [-0.4, -0.2) is 31.1 Å². The molecule has 1 aliphatic rings. The van der Waals surface area contributed by atoms with Crippen LogP contribution in [0.2, 0.25) is 0 Å². The van der Waals surface area contributed by atoms with Crippen LogP contribution in [0.5, 0.6) is 0 Å². The molecule has 0 radical (unpaired) electrons. The normalized spacial score (nSPS) is 18.6. The Labute approximate surface area is 105 Å². The molecule has 1 fully saturated rings. The first-order chi connectivity index (χ1) is 7.65. The molecule has 0 atom stereocenters. The van der Waals surface area contributed by atoms with Crippen LogP contribution in [0.4, 0.5) is 11.4 Å². The third kappa shape index (κ3) is 2.89. The van der Waals surface area contributed by atoms with Gasteiger partial charge in [-0.2, -0.15) is 0 Å². The number of nitrogens with one attached hydrogen (secondary N) is 1. The molecule has 1 heterocycles. The number of benzene rings is 1. The van der Waals surface area contributed by atoms with Gasteiger partial charge in [-0.3, -0.25) is 0 Å². The van der Waals surface area contributed by atoms with Gasteiger partial charge in [0.2, 0.25) is 0 Å². The van der Waals surface area contributed by atoms with Gasteiger partial charge in [0.25, 0.3) is 0 Å². The minimum atomic E-state index is 0.555. The molecule has 1 saturated heterocycles. The van der Waals surface area contributed by atoms with Crippen molar-refractivity contribution in [3.8, 4) is 0 Å². The molecule has 0 unspecified atom stereocenters. The van der Waals surface area contributed by atoms with Crippen molar-refractivity contribution < 1.29 is 0 Å². The van der Waals surface area contributed by atoms with Gasteiger partial charge in [-0.15, -0.1) is 0 Å². The lowest BCUT2D eigenvalue weighted by Crippen LogP contribution is -2.36. The minimum Gasteiger partial charge on any atom is -0.397 e. The van der Waals surface area contributed by atoms with E-state index in [2.05, 4.69) is 33.2 Å². The Morgan fingerprint density at radius 3 is 2.69 bits per heavy atom. The van der Waals surface area contributed by atoms with E-state index in [4.69, 9.17) is 5.73 Å². The summed E-state index contributed by atoms with van der Waals surface area (Å²) in [4.78, 5) is 2.36. The molecule has 0 amide bonds. The number of nitrogen functional groups attached to an aromatic ring is 1. The van der Waals surface area contributed by atoms with Crippen molar-refractivity contribution in [1.82, 2.24) is 4.90 Å². The maximum Gasteiger partial charge on any atom is 0.0576 e. The highest BCUT2D eigenvalue weighted by Gasteiger charge is 2.16. The van der Waals surface area contributed by atoms with Crippen molar-refractivity contribution in [2.45, 2.75) is 18.9 Å². The van der Waals surface area contributed by atoms with Crippen LogP contribution in [-0.2, 0) is 0 Å². The lowest BCUT2D eigenvalue weighted by Gasteiger charge is -2.30. The van der Waals surface area contributed by atoms with E-state index in [-0.39, 0.29) is 0 Å². The first-order valence-electron chi connectivity index (χ1n) is 5.65. The lowest BCUT2D eigenvalue weighted by atomic mass is 10.1. The molecular formula is C12H18BrN3. The van der Waals surface area contributed by atoms with Gasteiger partial charge >= 0.3 is 0 Å². The smallest absolute Gasteiger partial charge is 0.0576 e. The molecule has 0 aliphatic carbocycles. The third-order valence-corrected chi connectivity index (χ3v) is 3.59. The maximum atomic E-state index is 5.96. The van der Waals surface area contributed by atoms with Gasteiger partial charge in [-0.25, -0.2) is 0 Å². The van der Waals surface area contributed by atoms with E-state index >= 15 is 0 Å². The molecule has 0 saturated carbocycles. The van der Waals surface area contributed by atoms with Crippen molar-refractivity contribution in [2.75, 3.05) is 31.2 Å². The predicted molar refractivity (Wildman–Crippen MR) is 72.7 cm³/mol. The highest BCUT2D eigenvalue weighted by Crippen LogP contribution is 2.25.